The van der Waals surface area contributed by atoms with Gasteiger partial charge in [-0.15, -0.1) is 0 Å². The lowest BCUT2D eigenvalue weighted by atomic mass is 9.99. The van der Waals surface area contributed by atoms with Gasteiger partial charge in [-0.25, -0.2) is 9.90 Å². The van der Waals surface area contributed by atoms with Gasteiger partial charge in [0, 0.05) is 0 Å². The van der Waals surface area contributed by atoms with E-state index in [0.29, 0.717) is 0 Å². The van der Waals surface area contributed by atoms with Crippen molar-refractivity contribution in [2.45, 2.75) is 97.3 Å². The van der Waals surface area contributed by atoms with E-state index in [0.717, 1.165) is 18.8 Å². The lowest BCUT2D eigenvalue weighted by Crippen LogP contribution is -1.92. The summed E-state index contributed by atoms with van der Waals surface area (Å²) in [6.45, 7) is 4.62. The van der Waals surface area contributed by atoms with E-state index in [-0.39, 0.29) is 6.42 Å². The van der Waals surface area contributed by atoms with Crippen LogP contribution < -0.4 is 0 Å². The third-order valence-corrected chi connectivity index (χ3v) is 4.02. The van der Waals surface area contributed by atoms with Gasteiger partial charge in [0.15, 0.2) is 0 Å². The van der Waals surface area contributed by atoms with Crippen molar-refractivity contribution < 1.29 is 9.90 Å². The zero-order chi connectivity index (χ0) is 14.3. The first-order chi connectivity index (χ1) is 9.16. The van der Waals surface area contributed by atoms with Gasteiger partial charge in [0.2, 0.25) is 0 Å². The van der Waals surface area contributed by atoms with Crippen molar-refractivity contribution in [3.8, 4) is 0 Å². The number of rotatable bonds is 14. The SMILES string of the molecule is CCC(C)CCCCCCCCCCCCC([O])=O. The summed E-state index contributed by atoms with van der Waals surface area (Å²) in [6, 6.07) is 0. The van der Waals surface area contributed by atoms with E-state index in [9.17, 15) is 9.90 Å². The smallest absolute Gasteiger partial charge is 0.247 e. The zero-order valence-corrected chi connectivity index (χ0v) is 13.1. The Morgan fingerprint density at radius 1 is 0.789 bits per heavy atom. The van der Waals surface area contributed by atoms with Crippen molar-refractivity contribution in [1.29, 1.82) is 0 Å². The van der Waals surface area contributed by atoms with Crippen molar-refractivity contribution >= 4 is 5.97 Å². The van der Waals surface area contributed by atoms with E-state index in [4.69, 9.17) is 0 Å². The van der Waals surface area contributed by atoms with Gasteiger partial charge in [-0.05, 0) is 12.3 Å². The lowest BCUT2D eigenvalue weighted by Gasteiger charge is -2.07. The summed E-state index contributed by atoms with van der Waals surface area (Å²) < 4.78 is 0. The van der Waals surface area contributed by atoms with E-state index in [1.54, 1.807) is 0 Å². The average molecular weight is 269 g/mol. The van der Waals surface area contributed by atoms with Crippen LogP contribution in [0.1, 0.15) is 97.3 Å². The molecule has 0 spiro atoms. The largest absolute Gasteiger partial charge is 0.355 e. The maximum Gasteiger partial charge on any atom is 0.355 e. The molecule has 0 aromatic heterocycles. The first-order valence-corrected chi connectivity index (χ1v) is 8.36. The summed E-state index contributed by atoms with van der Waals surface area (Å²) in [5.41, 5.74) is 0. The summed E-state index contributed by atoms with van der Waals surface area (Å²) in [4.78, 5) is 10.2. The molecule has 2 nitrogen and oxygen atoms in total. The number of carbonyl (C=O) groups is 1. The fourth-order valence-corrected chi connectivity index (χ4v) is 2.38. The van der Waals surface area contributed by atoms with E-state index in [2.05, 4.69) is 13.8 Å². The molecule has 19 heavy (non-hydrogen) atoms. The number of hydrogen-bond donors (Lipinski definition) is 0. The molecule has 0 aromatic rings. The molecule has 0 rings (SSSR count). The van der Waals surface area contributed by atoms with Crippen LogP contribution in [-0.2, 0) is 9.90 Å². The van der Waals surface area contributed by atoms with Crippen LogP contribution in [0.25, 0.3) is 0 Å². The second kappa shape index (κ2) is 13.9. The highest BCUT2D eigenvalue weighted by Gasteiger charge is 1.99. The Kier molecular flexibility index (Phi) is 13.5. The molecule has 113 valence electrons. The molecular weight excluding hydrogens is 236 g/mol. The van der Waals surface area contributed by atoms with E-state index in [1.807, 2.05) is 0 Å². The molecule has 0 bridgehead atoms. The van der Waals surface area contributed by atoms with Crippen LogP contribution in [0.2, 0.25) is 0 Å². The molecule has 0 saturated carbocycles. The van der Waals surface area contributed by atoms with E-state index < -0.39 is 5.97 Å². The van der Waals surface area contributed by atoms with Crippen molar-refractivity contribution in [3.05, 3.63) is 0 Å². The minimum Gasteiger partial charge on any atom is -0.247 e. The molecule has 2 heteroatoms. The molecule has 0 aliphatic rings. The predicted octanol–water partition coefficient (Wildman–Crippen LogP) is 5.67. The second-order valence-electron chi connectivity index (χ2n) is 5.96. The summed E-state index contributed by atoms with van der Waals surface area (Å²) in [6.07, 6.45) is 15.5. The Balaban J connectivity index is 3.01. The summed E-state index contributed by atoms with van der Waals surface area (Å²) in [5.74, 6) is -0.00149. The average Bonchev–Trinajstić information content (AvgIpc) is 2.39. The quantitative estimate of drug-likeness (QED) is 0.374. The zero-order valence-electron chi connectivity index (χ0n) is 13.1. The van der Waals surface area contributed by atoms with Crippen molar-refractivity contribution in [2.75, 3.05) is 0 Å². The van der Waals surface area contributed by atoms with Gasteiger partial charge in [-0.1, -0.05) is 84.5 Å². The summed E-state index contributed by atoms with van der Waals surface area (Å²) in [5, 5.41) is 10.2. The molecule has 0 heterocycles. The van der Waals surface area contributed by atoms with Crippen LogP contribution in [0, 0.1) is 5.92 Å². The minimum atomic E-state index is -0.905. The number of carbonyl (C=O) groups excluding carboxylic acids is 1. The lowest BCUT2D eigenvalue weighted by molar-refractivity contribution is -0.143. The summed E-state index contributed by atoms with van der Waals surface area (Å²) in [7, 11) is 0. The highest BCUT2D eigenvalue weighted by Crippen LogP contribution is 2.15. The fourth-order valence-electron chi connectivity index (χ4n) is 2.38. The first kappa shape index (κ1) is 18.5. The molecule has 0 amide bonds. The van der Waals surface area contributed by atoms with E-state index in [1.165, 1.54) is 64.2 Å². The van der Waals surface area contributed by atoms with Gasteiger partial charge < -0.3 is 0 Å². The van der Waals surface area contributed by atoms with Crippen LogP contribution >= 0.6 is 0 Å². The predicted molar refractivity (Wildman–Crippen MR) is 80.6 cm³/mol. The van der Waals surface area contributed by atoms with E-state index >= 15 is 0 Å². The molecule has 1 radical (unpaired) electrons. The van der Waals surface area contributed by atoms with Gasteiger partial charge in [0.1, 0.15) is 0 Å². The monoisotopic (exact) mass is 269 g/mol. The van der Waals surface area contributed by atoms with Crippen molar-refractivity contribution in [2.24, 2.45) is 5.92 Å². The Morgan fingerprint density at radius 3 is 1.63 bits per heavy atom. The van der Waals surface area contributed by atoms with Gasteiger partial charge in [-0.2, -0.15) is 0 Å². The molecule has 0 aliphatic carbocycles. The Hall–Kier alpha value is -0.530. The molecular formula is C17H33O2. The van der Waals surface area contributed by atoms with Crippen LogP contribution in [-0.4, -0.2) is 5.97 Å². The molecule has 0 N–H and O–H groups in total. The Bertz CT molecular complexity index is 201. The van der Waals surface area contributed by atoms with Crippen LogP contribution in [0.15, 0.2) is 0 Å². The topological polar surface area (TPSA) is 37.0 Å². The van der Waals surface area contributed by atoms with Crippen LogP contribution in [0.5, 0.6) is 0 Å². The molecule has 0 aliphatic heterocycles. The Morgan fingerprint density at radius 2 is 1.21 bits per heavy atom. The molecule has 0 aromatic carbocycles. The fraction of sp³-hybridized carbons (Fsp3) is 0.941. The molecule has 0 saturated heterocycles. The summed E-state index contributed by atoms with van der Waals surface area (Å²) >= 11 is 0. The third kappa shape index (κ3) is 15.4. The standard InChI is InChI=1S/C17H33O2/c1-3-16(2)14-12-10-8-6-4-5-7-9-11-13-15-17(18)19/h16H,3-15H2,1-2H3. The maximum atomic E-state index is 10.2. The normalized spacial score (nSPS) is 12.5. The number of unbranched alkanes of at least 4 members (excludes halogenated alkanes) is 9. The van der Waals surface area contributed by atoms with Gasteiger partial charge in [0.25, 0.3) is 0 Å². The Labute approximate surface area is 120 Å². The van der Waals surface area contributed by atoms with Crippen molar-refractivity contribution in [1.82, 2.24) is 0 Å². The highest BCUT2D eigenvalue weighted by molar-refractivity contribution is 5.66. The van der Waals surface area contributed by atoms with Crippen LogP contribution in [0.3, 0.4) is 0 Å². The van der Waals surface area contributed by atoms with Gasteiger partial charge >= 0.3 is 5.97 Å². The molecule has 1 atom stereocenters. The molecule has 1 unspecified atom stereocenters. The second-order valence-corrected chi connectivity index (χ2v) is 5.96. The van der Waals surface area contributed by atoms with Crippen LogP contribution in [0.4, 0.5) is 0 Å². The third-order valence-electron chi connectivity index (χ3n) is 4.02. The highest BCUT2D eigenvalue weighted by atomic mass is 16.4. The number of hydrogen-bond acceptors (Lipinski definition) is 1. The van der Waals surface area contributed by atoms with Gasteiger partial charge in [-0.3, -0.25) is 0 Å². The minimum absolute atomic E-state index is 0.232. The van der Waals surface area contributed by atoms with Gasteiger partial charge in [0.05, 0.1) is 6.42 Å². The first-order valence-electron chi connectivity index (χ1n) is 8.36. The van der Waals surface area contributed by atoms with Crippen molar-refractivity contribution in [3.63, 3.8) is 0 Å². The molecule has 0 fully saturated rings. The maximum absolute atomic E-state index is 10.2.